The van der Waals surface area contributed by atoms with Gasteiger partial charge >= 0.3 is 18.9 Å². The number of aryl methyl sites for hydroxylation is 1. The number of benzene rings is 1. The minimum absolute atomic E-state index is 0. The zero-order valence-electron chi connectivity index (χ0n) is 9.65. The first-order valence-corrected chi connectivity index (χ1v) is 5.14. The van der Waals surface area contributed by atoms with Gasteiger partial charge in [0.2, 0.25) is 0 Å². The number of rotatable bonds is 5. The minimum Gasteiger partial charge on any atom is -0.852 e. The van der Waals surface area contributed by atoms with Crippen molar-refractivity contribution in [2.45, 2.75) is 32.3 Å². The van der Waals surface area contributed by atoms with E-state index in [2.05, 4.69) is 12.1 Å². The van der Waals surface area contributed by atoms with Crippen LogP contribution < -0.4 is 24.0 Å². The normalized spacial score (nSPS) is 12.4. The monoisotopic (exact) mass is 196 g/mol. The van der Waals surface area contributed by atoms with E-state index >= 15 is 0 Å². The van der Waals surface area contributed by atoms with E-state index in [0.29, 0.717) is 6.42 Å². The van der Waals surface area contributed by atoms with Gasteiger partial charge in [-0.2, -0.15) is 0 Å². The van der Waals surface area contributed by atoms with Crippen molar-refractivity contribution >= 4 is 0 Å². The van der Waals surface area contributed by atoms with Crippen molar-refractivity contribution in [3.63, 3.8) is 0 Å². The molecule has 0 unspecified atom stereocenters. The molecule has 0 aliphatic carbocycles. The smallest absolute Gasteiger partial charge is 0.852 e. The van der Waals surface area contributed by atoms with E-state index < -0.39 is 6.10 Å². The molecule has 2 heteroatoms. The van der Waals surface area contributed by atoms with Crippen LogP contribution >= 0.6 is 0 Å². The summed E-state index contributed by atoms with van der Waals surface area (Å²) in [4.78, 5) is 0. The Morgan fingerprint density at radius 1 is 1.27 bits per heavy atom. The largest absolute Gasteiger partial charge is 1.00 e. The molecule has 0 aromatic heterocycles. The Kier molecular flexibility index (Phi) is 8.51. The van der Waals surface area contributed by atoms with Gasteiger partial charge in [0.25, 0.3) is 0 Å². The topological polar surface area (TPSA) is 23.1 Å². The Morgan fingerprint density at radius 3 is 2.53 bits per heavy atom. The van der Waals surface area contributed by atoms with Crippen molar-refractivity contribution in [1.29, 1.82) is 0 Å². The molecule has 0 bridgehead atoms. The summed E-state index contributed by atoms with van der Waals surface area (Å²) in [7, 11) is 0. The van der Waals surface area contributed by atoms with E-state index in [1.807, 2.05) is 37.3 Å². The summed E-state index contributed by atoms with van der Waals surface area (Å²) in [5.41, 5.74) is 1.26. The summed E-state index contributed by atoms with van der Waals surface area (Å²) in [6, 6.07) is 10.2. The fraction of sp³-hybridized carbons (Fsp3) is 0.385. The molecule has 0 heterocycles. The molecule has 76 valence electrons. The first-order valence-electron chi connectivity index (χ1n) is 5.14. The maximum atomic E-state index is 11.4. The van der Waals surface area contributed by atoms with Gasteiger partial charge in [0.15, 0.2) is 0 Å². The maximum Gasteiger partial charge on any atom is 1.00 e. The van der Waals surface area contributed by atoms with Gasteiger partial charge in [-0.15, -0.1) is 6.10 Å². The van der Waals surface area contributed by atoms with Crippen molar-refractivity contribution in [1.82, 2.24) is 0 Å². The molecule has 0 spiro atoms. The van der Waals surface area contributed by atoms with E-state index in [4.69, 9.17) is 0 Å². The molecule has 0 N–H and O–H groups in total. The van der Waals surface area contributed by atoms with Gasteiger partial charge in [-0.1, -0.05) is 48.9 Å². The van der Waals surface area contributed by atoms with Gasteiger partial charge in [0, 0.05) is 0 Å². The fourth-order valence-electron chi connectivity index (χ4n) is 1.38. The predicted molar refractivity (Wildman–Crippen MR) is 58.0 cm³/mol. The number of hydrogen-bond donors (Lipinski definition) is 0. The van der Waals surface area contributed by atoms with Crippen LogP contribution in [0.1, 0.15) is 25.3 Å². The average Bonchev–Trinajstić information content (AvgIpc) is 2.25. The standard InChI is InChI=1S/C13H17O.Li/c1-2-3-9-13(14)11-10-12-7-5-4-6-8-12;/h2-8,13H,9-11H2,1H3;/q-1;+1/b3-2+;/t13-;/m1./s1. The zero-order chi connectivity index (χ0) is 10.2. The minimum atomic E-state index is -0.452. The molecule has 0 fully saturated rings. The SMILES string of the molecule is C/C=C/C[C@@H]([O-])CCc1ccccc1.[Li+]. The summed E-state index contributed by atoms with van der Waals surface area (Å²) in [5.74, 6) is 0. The molecule has 0 amide bonds. The van der Waals surface area contributed by atoms with Crippen LogP contribution in [0.25, 0.3) is 0 Å². The van der Waals surface area contributed by atoms with Crippen LogP contribution in [0.5, 0.6) is 0 Å². The first-order chi connectivity index (χ1) is 6.83. The Labute approximate surface area is 104 Å². The van der Waals surface area contributed by atoms with Crippen LogP contribution in [-0.2, 0) is 6.42 Å². The van der Waals surface area contributed by atoms with E-state index in [9.17, 15) is 5.11 Å². The van der Waals surface area contributed by atoms with Crippen molar-refractivity contribution in [2.24, 2.45) is 0 Å². The average molecular weight is 196 g/mol. The van der Waals surface area contributed by atoms with E-state index in [1.54, 1.807) is 0 Å². The van der Waals surface area contributed by atoms with Crippen molar-refractivity contribution < 1.29 is 24.0 Å². The maximum absolute atomic E-state index is 11.4. The molecule has 0 saturated heterocycles. The van der Waals surface area contributed by atoms with E-state index in [-0.39, 0.29) is 18.9 Å². The van der Waals surface area contributed by atoms with Gasteiger partial charge in [-0.3, -0.25) is 0 Å². The van der Waals surface area contributed by atoms with Crippen molar-refractivity contribution in [3.05, 3.63) is 48.0 Å². The van der Waals surface area contributed by atoms with Crippen LogP contribution in [-0.4, -0.2) is 6.10 Å². The van der Waals surface area contributed by atoms with Crippen LogP contribution in [0.2, 0.25) is 0 Å². The second kappa shape index (κ2) is 8.80. The van der Waals surface area contributed by atoms with Crippen LogP contribution in [0.3, 0.4) is 0 Å². The Morgan fingerprint density at radius 2 is 1.93 bits per heavy atom. The molecule has 1 aromatic rings. The summed E-state index contributed by atoms with van der Waals surface area (Å²) < 4.78 is 0. The number of hydrogen-bond acceptors (Lipinski definition) is 1. The van der Waals surface area contributed by atoms with Crippen LogP contribution in [0.4, 0.5) is 0 Å². The fourth-order valence-corrected chi connectivity index (χ4v) is 1.38. The quantitative estimate of drug-likeness (QED) is 0.452. The Hall–Kier alpha value is -0.483. The molecular weight excluding hydrogens is 179 g/mol. The summed E-state index contributed by atoms with van der Waals surface area (Å²) in [5, 5.41) is 11.4. The Bertz CT molecular complexity index is 269. The molecule has 1 aromatic carbocycles. The Balaban J connectivity index is 0.00000196. The molecule has 0 aliphatic rings. The first kappa shape index (κ1) is 14.5. The van der Waals surface area contributed by atoms with Gasteiger partial charge < -0.3 is 5.11 Å². The van der Waals surface area contributed by atoms with Gasteiger partial charge in [-0.05, 0) is 25.3 Å². The predicted octanol–water partition coefficient (Wildman–Crippen LogP) is -0.682. The van der Waals surface area contributed by atoms with Gasteiger partial charge in [0.05, 0.1) is 0 Å². The third kappa shape index (κ3) is 6.57. The molecule has 1 rings (SSSR count). The summed E-state index contributed by atoms with van der Waals surface area (Å²) in [6.07, 6.45) is 5.71. The van der Waals surface area contributed by atoms with E-state index in [1.165, 1.54) is 5.56 Å². The molecule has 15 heavy (non-hydrogen) atoms. The molecular formula is C13H17LiO. The summed E-state index contributed by atoms with van der Waals surface area (Å²) in [6.45, 7) is 1.95. The molecule has 1 atom stereocenters. The van der Waals surface area contributed by atoms with Crippen LogP contribution in [0.15, 0.2) is 42.5 Å². The van der Waals surface area contributed by atoms with Crippen molar-refractivity contribution in [3.8, 4) is 0 Å². The molecule has 1 nitrogen and oxygen atoms in total. The van der Waals surface area contributed by atoms with Gasteiger partial charge in [-0.25, -0.2) is 0 Å². The molecule has 0 radical (unpaired) electrons. The van der Waals surface area contributed by atoms with Crippen LogP contribution in [0, 0.1) is 0 Å². The third-order valence-electron chi connectivity index (χ3n) is 2.23. The van der Waals surface area contributed by atoms with Gasteiger partial charge in [0.1, 0.15) is 0 Å². The van der Waals surface area contributed by atoms with E-state index in [0.717, 1.165) is 12.8 Å². The molecule has 0 saturated carbocycles. The molecule has 0 aliphatic heterocycles. The second-order valence-corrected chi connectivity index (χ2v) is 3.45. The van der Waals surface area contributed by atoms with Crippen molar-refractivity contribution in [2.75, 3.05) is 0 Å². The second-order valence-electron chi connectivity index (χ2n) is 3.45. The number of allylic oxidation sites excluding steroid dienone is 1. The summed E-state index contributed by atoms with van der Waals surface area (Å²) >= 11 is 0. The zero-order valence-corrected chi connectivity index (χ0v) is 9.65. The third-order valence-corrected chi connectivity index (χ3v) is 2.23.